The quantitative estimate of drug-likeness (QED) is 0.676. The molecule has 0 aliphatic carbocycles. The molecule has 22 heavy (non-hydrogen) atoms. The zero-order valence-corrected chi connectivity index (χ0v) is 11.9. The smallest absolute Gasteiger partial charge is 0.115 e. The highest BCUT2D eigenvalue weighted by Crippen LogP contribution is 2.09. The van der Waals surface area contributed by atoms with Gasteiger partial charge < -0.3 is 0 Å². The molecule has 0 aromatic carbocycles. The standard InChI is InChI=1S/C15H15N7/c1-4-16-10-19-13(1)7-22(8-14-2-5-17-11-20-14)9-15-3-6-18-12-21-15/h1-6,10-12H,7-9H2. The van der Waals surface area contributed by atoms with Crippen LogP contribution >= 0.6 is 0 Å². The topological polar surface area (TPSA) is 80.6 Å². The van der Waals surface area contributed by atoms with Crippen LogP contribution in [0.15, 0.2) is 55.8 Å². The lowest BCUT2D eigenvalue weighted by atomic mass is 10.3. The van der Waals surface area contributed by atoms with Crippen molar-refractivity contribution in [2.75, 3.05) is 0 Å². The van der Waals surface area contributed by atoms with Crippen molar-refractivity contribution in [1.82, 2.24) is 34.8 Å². The number of hydrogen-bond acceptors (Lipinski definition) is 7. The number of hydrogen-bond donors (Lipinski definition) is 0. The van der Waals surface area contributed by atoms with E-state index in [0.29, 0.717) is 19.6 Å². The predicted octanol–water partition coefficient (Wildman–Crippen LogP) is 1.26. The Morgan fingerprint density at radius 3 is 1.23 bits per heavy atom. The molecule has 0 N–H and O–H groups in total. The van der Waals surface area contributed by atoms with E-state index in [9.17, 15) is 0 Å². The molecule has 0 radical (unpaired) electrons. The van der Waals surface area contributed by atoms with Crippen molar-refractivity contribution in [2.24, 2.45) is 0 Å². The highest BCUT2D eigenvalue weighted by atomic mass is 15.1. The van der Waals surface area contributed by atoms with E-state index in [1.807, 2.05) is 18.2 Å². The van der Waals surface area contributed by atoms with E-state index in [-0.39, 0.29) is 0 Å². The van der Waals surface area contributed by atoms with Crippen molar-refractivity contribution in [3.05, 3.63) is 72.9 Å². The predicted molar refractivity (Wildman–Crippen MR) is 79.0 cm³/mol. The maximum absolute atomic E-state index is 4.28. The first-order valence-corrected chi connectivity index (χ1v) is 6.87. The fourth-order valence-electron chi connectivity index (χ4n) is 2.09. The first-order valence-electron chi connectivity index (χ1n) is 6.87. The van der Waals surface area contributed by atoms with Crippen LogP contribution in [-0.2, 0) is 19.6 Å². The number of nitrogens with zero attached hydrogens (tertiary/aromatic N) is 7. The van der Waals surface area contributed by atoms with E-state index in [1.54, 1.807) is 37.6 Å². The second-order valence-corrected chi connectivity index (χ2v) is 4.75. The largest absolute Gasteiger partial charge is 0.286 e. The minimum atomic E-state index is 0.691. The van der Waals surface area contributed by atoms with Gasteiger partial charge in [0.15, 0.2) is 0 Å². The van der Waals surface area contributed by atoms with E-state index >= 15 is 0 Å². The Hall–Kier alpha value is -2.80. The third-order valence-corrected chi connectivity index (χ3v) is 3.09. The molecule has 3 aromatic heterocycles. The van der Waals surface area contributed by atoms with Crippen molar-refractivity contribution in [3.8, 4) is 0 Å². The molecule has 3 rings (SSSR count). The summed E-state index contributed by atoms with van der Waals surface area (Å²) in [6, 6.07) is 5.73. The first-order chi connectivity index (χ1) is 10.9. The summed E-state index contributed by atoms with van der Waals surface area (Å²) in [6.45, 7) is 2.07. The van der Waals surface area contributed by atoms with Crippen molar-refractivity contribution in [1.29, 1.82) is 0 Å². The van der Waals surface area contributed by atoms with E-state index < -0.39 is 0 Å². The van der Waals surface area contributed by atoms with Crippen LogP contribution in [0.5, 0.6) is 0 Å². The molecule has 0 aliphatic rings. The molecule has 0 aliphatic heterocycles. The Balaban J connectivity index is 1.75. The van der Waals surface area contributed by atoms with Gasteiger partial charge in [0, 0.05) is 38.2 Å². The lowest BCUT2D eigenvalue weighted by Gasteiger charge is -2.21. The molecule has 110 valence electrons. The zero-order valence-electron chi connectivity index (χ0n) is 11.9. The van der Waals surface area contributed by atoms with E-state index in [4.69, 9.17) is 0 Å². The van der Waals surface area contributed by atoms with Crippen molar-refractivity contribution >= 4 is 0 Å². The van der Waals surface area contributed by atoms with Gasteiger partial charge in [-0.2, -0.15) is 0 Å². The molecule has 0 saturated carbocycles. The first kappa shape index (κ1) is 14.2. The van der Waals surface area contributed by atoms with Crippen LogP contribution in [0.3, 0.4) is 0 Å². The second-order valence-electron chi connectivity index (χ2n) is 4.75. The fourth-order valence-corrected chi connectivity index (χ4v) is 2.09. The van der Waals surface area contributed by atoms with Crippen LogP contribution in [0.2, 0.25) is 0 Å². The van der Waals surface area contributed by atoms with Crippen LogP contribution in [0.25, 0.3) is 0 Å². The lowest BCUT2D eigenvalue weighted by molar-refractivity contribution is 0.238. The number of rotatable bonds is 6. The van der Waals surface area contributed by atoms with Crippen molar-refractivity contribution in [3.63, 3.8) is 0 Å². The van der Waals surface area contributed by atoms with Gasteiger partial charge in [0.25, 0.3) is 0 Å². The fraction of sp³-hybridized carbons (Fsp3) is 0.200. The molecular formula is C15H15N7. The summed E-state index contributed by atoms with van der Waals surface area (Å²) >= 11 is 0. The molecule has 3 aromatic rings. The molecule has 0 saturated heterocycles. The Morgan fingerprint density at radius 1 is 0.591 bits per heavy atom. The Kier molecular flexibility index (Phi) is 4.68. The monoisotopic (exact) mass is 293 g/mol. The maximum Gasteiger partial charge on any atom is 0.115 e. The molecule has 3 heterocycles. The highest BCUT2D eigenvalue weighted by Gasteiger charge is 2.10. The summed E-state index contributed by atoms with van der Waals surface area (Å²) < 4.78 is 0. The minimum Gasteiger partial charge on any atom is -0.286 e. The Labute approximate surface area is 128 Å². The average Bonchev–Trinajstić information content (AvgIpc) is 2.57. The molecule has 0 unspecified atom stereocenters. The summed E-state index contributed by atoms with van der Waals surface area (Å²) in [6.07, 6.45) is 9.91. The van der Waals surface area contributed by atoms with Gasteiger partial charge in [0.05, 0.1) is 17.1 Å². The third kappa shape index (κ3) is 4.10. The molecule has 0 atom stereocenters. The number of aromatic nitrogens is 6. The average molecular weight is 293 g/mol. The lowest BCUT2D eigenvalue weighted by Crippen LogP contribution is -2.24. The van der Waals surface area contributed by atoms with Gasteiger partial charge >= 0.3 is 0 Å². The minimum absolute atomic E-state index is 0.691. The molecule has 0 fully saturated rings. The van der Waals surface area contributed by atoms with Crippen LogP contribution in [0.1, 0.15) is 17.1 Å². The molecule has 0 bridgehead atoms. The van der Waals surface area contributed by atoms with Gasteiger partial charge in [0.2, 0.25) is 0 Å². The SMILES string of the molecule is c1cc(CN(Cc2ccncn2)Cc2ccncn2)ncn1. The molecular weight excluding hydrogens is 278 g/mol. The van der Waals surface area contributed by atoms with Crippen molar-refractivity contribution < 1.29 is 0 Å². The van der Waals surface area contributed by atoms with E-state index in [0.717, 1.165) is 17.1 Å². The summed E-state index contributed by atoms with van der Waals surface area (Å²) in [5, 5.41) is 0. The molecule has 0 amide bonds. The second kappa shape index (κ2) is 7.28. The van der Waals surface area contributed by atoms with Crippen LogP contribution in [-0.4, -0.2) is 34.8 Å². The van der Waals surface area contributed by atoms with Gasteiger partial charge in [-0.3, -0.25) is 4.90 Å². The van der Waals surface area contributed by atoms with Crippen LogP contribution in [0, 0.1) is 0 Å². The summed E-state index contributed by atoms with van der Waals surface area (Å²) in [7, 11) is 0. The van der Waals surface area contributed by atoms with E-state index in [1.165, 1.54) is 0 Å². The van der Waals surface area contributed by atoms with Crippen molar-refractivity contribution in [2.45, 2.75) is 19.6 Å². The highest BCUT2D eigenvalue weighted by molar-refractivity contribution is 5.04. The third-order valence-electron chi connectivity index (χ3n) is 3.09. The summed E-state index contributed by atoms with van der Waals surface area (Å²) in [5.41, 5.74) is 2.87. The molecule has 7 nitrogen and oxygen atoms in total. The Bertz CT molecular complexity index is 577. The van der Waals surface area contributed by atoms with Gasteiger partial charge in [-0.15, -0.1) is 0 Å². The summed E-state index contributed by atoms with van der Waals surface area (Å²) in [4.78, 5) is 26.9. The summed E-state index contributed by atoms with van der Waals surface area (Å²) in [5.74, 6) is 0. The maximum atomic E-state index is 4.28. The van der Waals surface area contributed by atoms with Crippen LogP contribution in [0.4, 0.5) is 0 Å². The van der Waals surface area contributed by atoms with Gasteiger partial charge in [-0.05, 0) is 18.2 Å². The zero-order chi connectivity index (χ0) is 15.0. The normalized spacial score (nSPS) is 10.8. The van der Waals surface area contributed by atoms with Gasteiger partial charge in [0.1, 0.15) is 19.0 Å². The molecule has 7 heteroatoms. The van der Waals surface area contributed by atoms with Crippen LogP contribution < -0.4 is 0 Å². The van der Waals surface area contributed by atoms with Gasteiger partial charge in [-0.25, -0.2) is 29.9 Å². The van der Waals surface area contributed by atoms with E-state index in [2.05, 4.69) is 34.8 Å². The van der Waals surface area contributed by atoms with Gasteiger partial charge in [-0.1, -0.05) is 0 Å². The molecule has 0 spiro atoms. The Morgan fingerprint density at radius 2 is 0.955 bits per heavy atom.